The molecule has 9 nitrogen and oxygen atoms in total. The molecule has 1 aliphatic rings. The first-order chi connectivity index (χ1) is 17.8. The van der Waals surface area contributed by atoms with E-state index in [1.165, 1.54) is 6.07 Å². The minimum Gasteiger partial charge on any atom is -0.468 e. The lowest BCUT2D eigenvalue weighted by Crippen LogP contribution is -2.48. The van der Waals surface area contributed by atoms with Crippen LogP contribution in [0.25, 0.3) is 10.4 Å². The summed E-state index contributed by atoms with van der Waals surface area (Å²) in [4.78, 5) is 44.6. The number of aldehydes is 1. The number of hydrogen-bond acceptors (Lipinski definition) is 8. The number of aromatic nitrogens is 2. The molecule has 0 bridgehead atoms. The van der Waals surface area contributed by atoms with Crippen molar-refractivity contribution in [3.8, 4) is 16.3 Å². The van der Waals surface area contributed by atoms with Crippen LogP contribution in [0.5, 0.6) is 5.88 Å². The van der Waals surface area contributed by atoms with Crippen molar-refractivity contribution in [3.05, 3.63) is 52.9 Å². The smallest absolute Gasteiger partial charge is 0.254 e. The molecule has 0 radical (unpaired) electrons. The Morgan fingerprint density at radius 3 is 2.68 bits per heavy atom. The summed E-state index contributed by atoms with van der Waals surface area (Å²) in [6, 6.07) is 8.89. The van der Waals surface area contributed by atoms with E-state index < -0.39 is 12.0 Å². The zero-order valence-corrected chi connectivity index (χ0v) is 22.3. The lowest BCUT2D eigenvalue weighted by molar-refractivity contribution is -0.141. The van der Waals surface area contributed by atoms with Crippen molar-refractivity contribution in [1.29, 1.82) is 0 Å². The molecular formula is C27H32N4O5S. The number of rotatable bonds is 10. The molecule has 1 N–H and O–H groups in total. The van der Waals surface area contributed by atoms with Crippen LogP contribution in [0.4, 0.5) is 0 Å². The van der Waals surface area contributed by atoms with Crippen LogP contribution in [0.15, 0.2) is 40.4 Å². The average Bonchev–Trinajstić information content (AvgIpc) is 3.64. The van der Waals surface area contributed by atoms with Gasteiger partial charge in [0.1, 0.15) is 18.6 Å². The summed E-state index contributed by atoms with van der Waals surface area (Å²) in [5.41, 5.74) is 4.92. The molecule has 4 rings (SSSR count). The Kier molecular flexibility index (Phi) is 8.38. The molecule has 0 saturated carbocycles. The number of hydrogen-bond donors (Lipinski definition) is 1. The summed E-state index contributed by atoms with van der Waals surface area (Å²) >= 11 is 1.60. The van der Waals surface area contributed by atoms with E-state index in [0.717, 1.165) is 28.1 Å². The molecule has 3 atom stereocenters. The van der Waals surface area contributed by atoms with Crippen molar-refractivity contribution in [2.24, 2.45) is 5.92 Å². The quantitative estimate of drug-likeness (QED) is 0.394. The number of nitrogens with zero attached hydrogens (tertiary/aromatic N) is 3. The monoisotopic (exact) mass is 524 g/mol. The summed E-state index contributed by atoms with van der Waals surface area (Å²) in [5, 5.41) is 6.90. The SMILES string of the molecule is Cc1ncsc1-c1ccc(C(C)NC(=O)C2CCCN2C(=O)C(c2cc(OCC=O)no2)C(C)C)cc1. The van der Waals surface area contributed by atoms with Crippen LogP contribution in [0.2, 0.25) is 0 Å². The van der Waals surface area contributed by atoms with Crippen LogP contribution >= 0.6 is 11.3 Å². The van der Waals surface area contributed by atoms with Gasteiger partial charge in [-0.05, 0) is 48.9 Å². The van der Waals surface area contributed by atoms with E-state index in [1.807, 2.05) is 57.5 Å². The Bertz CT molecular complexity index is 1240. The van der Waals surface area contributed by atoms with Crippen LogP contribution in [-0.4, -0.2) is 52.3 Å². The van der Waals surface area contributed by atoms with E-state index in [4.69, 9.17) is 9.26 Å². The minimum atomic E-state index is -0.616. The summed E-state index contributed by atoms with van der Waals surface area (Å²) in [6.45, 7) is 8.12. The van der Waals surface area contributed by atoms with E-state index in [2.05, 4.69) is 15.5 Å². The third-order valence-electron chi connectivity index (χ3n) is 6.66. The van der Waals surface area contributed by atoms with Gasteiger partial charge in [-0.15, -0.1) is 11.3 Å². The summed E-state index contributed by atoms with van der Waals surface area (Å²) in [7, 11) is 0. The molecule has 3 heterocycles. The normalized spacial score (nSPS) is 17.0. The predicted molar refractivity (Wildman–Crippen MR) is 139 cm³/mol. The first kappa shape index (κ1) is 26.5. The van der Waals surface area contributed by atoms with Crippen molar-refractivity contribution in [1.82, 2.24) is 20.4 Å². The largest absolute Gasteiger partial charge is 0.468 e. The number of aryl methyl sites for hydroxylation is 1. The number of ether oxygens (including phenoxy) is 1. The fraction of sp³-hybridized carbons (Fsp3) is 0.444. The van der Waals surface area contributed by atoms with Gasteiger partial charge in [-0.25, -0.2) is 4.98 Å². The lowest BCUT2D eigenvalue weighted by Gasteiger charge is -2.29. The predicted octanol–water partition coefficient (Wildman–Crippen LogP) is 4.29. The van der Waals surface area contributed by atoms with Crippen molar-refractivity contribution in [3.63, 3.8) is 0 Å². The van der Waals surface area contributed by atoms with Gasteiger partial charge < -0.3 is 19.5 Å². The molecular weight excluding hydrogens is 492 g/mol. The number of thiazole rings is 1. The second-order valence-corrected chi connectivity index (χ2v) is 10.4. The molecule has 37 heavy (non-hydrogen) atoms. The standard InChI is InChI=1S/C27H32N4O5S/c1-16(2)24(22-14-23(30-36-22)35-13-12-32)27(34)31-11-5-6-21(31)26(33)29-17(3)19-7-9-20(10-8-19)25-18(4)28-15-37-25/h7-10,12,14-17,21,24H,5-6,11,13H2,1-4H3,(H,29,33). The molecule has 196 valence electrons. The van der Waals surface area contributed by atoms with Crippen molar-refractivity contribution >= 4 is 29.4 Å². The average molecular weight is 525 g/mol. The van der Waals surface area contributed by atoms with Crippen LogP contribution < -0.4 is 10.1 Å². The van der Waals surface area contributed by atoms with E-state index in [9.17, 15) is 14.4 Å². The fourth-order valence-corrected chi connectivity index (χ4v) is 5.53. The number of carbonyl (C=O) groups excluding carboxylic acids is 3. The molecule has 0 spiro atoms. The highest BCUT2D eigenvalue weighted by atomic mass is 32.1. The molecule has 1 fully saturated rings. The summed E-state index contributed by atoms with van der Waals surface area (Å²) < 4.78 is 10.6. The van der Waals surface area contributed by atoms with E-state index in [-0.39, 0.29) is 36.3 Å². The molecule has 2 aromatic heterocycles. The Balaban J connectivity index is 1.43. The van der Waals surface area contributed by atoms with Crippen LogP contribution in [-0.2, 0) is 14.4 Å². The summed E-state index contributed by atoms with van der Waals surface area (Å²) in [5.74, 6) is -0.547. The van der Waals surface area contributed by atoms with Crippen molar-refractivity contribution in [2.75, 3.05) is 13.2 Å². The number of likely N-dealkylation sites (tertiary alicyclic amines) is 1. The highest BCUT2D eigenvalue weighted by molar-refractivity contribution is 7.13. The second kappa shape index (κ2) is 11.7. The first-order valence-corrected chi connectivity index (χ1v) is 13.3. The third kappa shape index (κ3) is 5.90. The van der Waals surface area contributed by atoms with Gasteiger partial charge in [0.2, 0.25) is 11.8 Å². The van der Waals surface area contributed by atoms with Gasteiger partial charge in [0.15, 0.2) is 12.0 Å². The molecule has 10 heteroatoms. The number of amides is 2. The molecule has 1 aromatic carbocycles. The summed E-state index contributed by atoms with van der Waals surface area (Å²) in [6.07, 6.45) is 1.96. The van der Waals surface area contributed by atoms with E-state index in [0.29, 0.717) is 25.0 Å². The van der Waals surface area contributed by atoms with Gasteiger partial charge in [-0.2, -0.15) is 0 Å². The minimum absolute atomic E-state index is 0.0942. The molecule has 1 saturated heterocycles. The van der Waals surface area contributed by atoms with Crippen LogP contribution in [0.3, 0.4) is 0 Å². The van der Waals surface area contributed by atoms with Crippen molar-refractivity contribution in [2.45, 2.75) is 58.5 Å². The lowest BCUT2D eigenvalue weighted by atomic mass is 9.91. The Hall–Kier alpha value is -3.53. The van der Waals surface area contributed by atoms with Gasteiger partial charge in [-0.1, -0.05) is 38.1 Å². The Morgan fingerprint density at radius 1 is 1.27 bits per heavy atom. The van der Waals surface area contributed by atoms with Gasteiger partial charge in [-0.3, -0.25) is 14.4 Å². The number of carbonyl (C=O) groups is 3. The molecule has 3 aromatic rings. The highest BCUT2D eigenvalue weighted by Gasteiger charge is 2.40. The zero-order chi connectivity index (χ0) is 26.5. The number of benzene rings is 1. The Morgan fingerprint density at radius 2 is 2.03 bits per heavy atom. The second-order valence-electron chi connectivity index (χ2n) is 9.58. The van der Waals surface area contributed by atoms with E-state index in [1.54, 1.807) is 16.2 Å². The van der Waals surface area contributed by atoms with Gasteiger partial charge >= 0.3 is 0 Å². The number of nitrogens with one attached hydrogen (secondary N) is 1. The van der Waals surface area contributed by atoms with Gasteiger partial charge in [0.05, 0.1) is 22.1 Å². The van der Waals surface area contributed by atoms with Gasteiger partial charge in [0, 0.05) is 12.6 Å². The maximum atomic E-state index is 13.6. The molecule has 3 unspecified atom stereocenters. The molecule has 2 amide bonds. The van der Waals surface area contributed by atoms with Crippen LogP contribution in [0.1, 0.15) is 62.6 Å². The Labute approximate surface area is 220 Å². The maximum Gasteiger partial charge on any atom is 0.254 e. The molecule has 1 aliphatic heterocycles. The maximum absolute atomic E-state index is 13.6. The van der Waals surface area contributed by atoms with E-state index >= 15 is 0 Å². The van der Waals surface area contributed by atoms with Crippen molar-refractivity contribution < 1.29 is 23.6 Å². The van der Waals surface area contributed by atoms with Gasteiger partial charge in [0.25, 0.3) is 5.88 Å². The highest BCUT2D eigenvalue weighted by Crippen LogP contribution is 2.33. The zero-order valence-electron chi connectivity index (χ0n) is 21.5. The third-order valence-corrected chi connectivity index (χ3v) is 7.64. The topological polar surface area (TPSA) is 115 Å². The molecule has 0 aliphatic carbocycles. The van der Waals surface area contributed by atoms with Crippen LogP contribution in [0, 0.1) is 12.8 Å². The first-order valence-electron chi connectivity index (χ1n) is 12.4. The fourth-order valence-electron chi connectivity index (χ4n) is 4.72.